The van der Waals surface area contributed by atoms with E-state index in [4.69, 9.17) is 5.73 Å². The lowest BCUT2D eigenvalue weighted by Crippen LogP contribution is -2.32. The fraction of sp³-hybridized carbons (Fsp3) is 0.615. The van der Waals surface area contributed by atoms with Crippen molar-refractivity contribution < 1.29 is 0 Å². The summed E-state index contributed by atoms with van der Waals surface area (Å²) in [4.78, 5) is 4.43. The lowest BCUT2D eigenvalue weighted by Gasteiger charge is -2.11. The van der Waals surface area contributed by atoms with Gasteiger partial charge in [-0.25, -0.2) is 0 Å². The minimum Gasteiger partial charge on any atom is -0.328 e. The molecule has 0 spiro atoms. The molecule has 1 saturated carbocycles. The van der Waals surface area contributed by atoms with Crippen molar-refractivity contribution in [3.8, 4) is 0 Å². The molecule has 1 aliphatic rings. The fourth-order valence-corrected chi connectivity index (χ4v) is 1.92. The predicted octanol–water partition coefficient (Wildman–Crippen LogP) is 1.66. The van der Waals surface area contributed by atoms with Crippen LogP contribution in [0.1, 0.15) is 26.2 Å². The van der Waals surface area contributed by atoms with E-state index in [1.165, 1.54) is 6.42 Å². The highest BCUT2D eigenvalue weighted by Gasteiger charge is 2.20. The van der Waals surface area contributed by atoms with Gasteiger partial charge in [-0.1, -0.05) is 24.8 Å². The summed E-state index contributed by atoms with van der Waals surface area (Å²) in [5.41, 5.74) is 7.00. The van der Waals surface area contributed by atoms with Gasteiger partial charge in [-0.15, -0.1) is 0 Å². The van der Waals surface area contributed by atoms with Gasteiger partial charge in [0.2, 0.25) is 0 Å². The molecule has 1 fully saturated rings. The zero-order chi connectivity index (χ0) is 11.8. The van der Waals surface area contributed by atoms with Crippen LogP contribution in [-0.4, -0.2) is 30.9 Å². The Morgan fingerprint density at radius 2 is 2.38 bits per heavy atom. The molecule has 0 aromatic heterocycles. The standard InChI is InChI=1S/C13H23N3/c1-3-4-5-8-15-11(2)10-16-13-7-6-12(14)9-13/h3-5,12-13,16H,1,6-10,14H2,2H3/b5-4-,15-11?. The zero-order valence-corrected chi connectivity index (χ0v) is 10.2. The molecule has 0 saturated heterocycles. The largest absolute Gasteiger partial charge is 0.328 e. The average molecular weight is 221 g/mol. The third-order valence-electron chi connectivity index (χ3n) is 2.86. The van der Waals surface area contributed by atoms with E-state index < -0.39 is 0 Å². The Morgan fingerprint density at radius 1 is 1.56 bits per heavy atom. The SMILES string of the molecule is C=C/C=C\CN=C(C)CNC1CCC(N)C1. The van der Waals surface area contributed by atoms with Gasteiger partial charge < -0.3 is 11.1 Å². The molecule has 3 nitrogen and oxygen atoms in total. The number of nitrogens with zero attached hydrogens (tertiary/aromatic N) is 1. The summed E-state index contributed by atoms with van der Waals surface area (Å²) in [5, 5.41) is 3.50. The predicted molar refractivity (Wildman–Crippen MR) is 70.9 cm³/mol. The van der Waals surface area contributed by atoms with E-state index in [-0.39, 0.29) is 0 Å². The molecule has 0 aliphatic heterocycles. The first-order valence-corrected chi connectivity index (χ1v) is 5.99. The number of allylic oxidation sites excluding steroid dienone is 2. The maximum absolute atomic E-state index is 5.86. The highest BCUT2D eigenvalue weighted by Crippen LogP contribution is 2.16. The summed E-state index contributed by atoms with van der Waals surface area (Å²) in [6.07, 6.45) is 9.13. The Bertz CT molecular complexity index is 268. The van der Waals surface area contributed by atoms with Gasteiger partial charge in [0, 0.05) is 24.3 Å². The maximum atomic E-state index is 5.86. The molecule has 3 heteroatoms. The van der Waals surface area contributed by atoms with Gasteiger partial charge in [0.1, 0.15) is 0 Å². The summed E-state index contributed by atoms with van der Waals surface area (Å²) >= 11 is 0. The first-order chi connectivity index (χ1) is 7.72. The van der Waals surface area contributed by atoms with Crippen molar-refractivity contribution in [1.82, 2.24) is 5.32 Å². The average Bonchev–Trinajstić information content (AvgIpc) is 2.68. The van der Waals surface area contributed by atoms with Crippen LogP contribution >= 0.6 is 0 Å². The van der Waals surface area contributed by atoms with Gasteiger partial charge >= 0.3 is 0 Å². The maximum Gasteiger partial charge on any atom is 0.0573 e. The zero-order valence-electron chi connectivity index (χ0n) is 10.2. The van der Waals surface area contributed by atoms with Crippen LogP contribution in [0.5, 0.6) is 0 Å². The lowest BCUT2D eigenvalue weighted by molar-refractivity contribution is 0.553. The van der Waals surface area contributed by atoms with Gasteiger partial charge in [0.05, 0.1) is 6.54 Å². The molecule has 3 N–H and O–H groups in total. The Balaban J connectivity index is 2.16. The van der Waals surface area contributed by atoms with Crippen LogP contribution in [0.4, 0.5) is 0 Å². The Labute approximate surface area is 98.5 Å². The molecule has 2 unspecified atom stereocenters. The monoisotopic (exact) mass is 221 g/mol. The second-order valence-electron chi connectivity index (χ2n) is 4.39. The van der Waals surface area contributed by atoms with Crippen LogP contribution in [0, 0.1) is 0 Å². The molecular weight excluding hydrogens is 198 g/mol. The number of hydrogen-bond acceptors (Lipinski definition) is 3. The topological polar surface area (TPSA) is 50.4 Å². The van der Waals surface area contributed by atoms with Crippen molar-refractivity contribution in [3.05, 3.63) is 24.8 Å². The minimum atomic E-state index is 0.394. The van der Waals surface area contributed by atoms with Crippen molar-refractivity contribution in [3.63, 3.8) is 0 Å². The quantitative estimate of drug-likeness (QED) is 0.529. The van der Waals surface area contributed by atoms with Crippen LogP contribution in [-0.2, 0) is 0 Å². The van der Waals surface area contributed by atoms with Gasteiger partial charge in [-0.05, 0) is 26.2 Å². The van der Waals surface area contributed by atoms with Crippen molar-refractivity contribution in [2.45, 2.75) is 38.3 Å². The fourth-order valence-electron chi connectivity index (χ4n) is 1.92. The van der Waals surface area contributed by atoms with Crippen molar-refractivity contribution in [1.29, 1.82) is 0 Å². The van der Waals surface area contributed by atoms with E-state index in [0.717, 1.165) is 31.6 Å². The smallest absolute Gasteiger partial charge is 0.0573 e. The molecule has 90 valence electrons. The Kier molecular flexibility index (Phi) is 6.04. The highest BCUT2D eigenvalue weighted by molar-refractivity contribution is 5.84. The van der Waals surface area contributed by atoms with Crippen LogP contribution in [0.3, 0.4) is 0 Å². The van der Waals surface area contributed by atoms with E-state index in [9.17, 15) is 0 Å². The van der Waals surface area contributed by atoms with E-state index in [1.807, 2.05) is 12.2 Å². The van der Waals surface area contributed by atoms with E-state index in [2.05, 4.69) is 23.8 Å². The first kappa shape index (κ1) is 13.1. The molecular formula is C13H23N3. The van der Waals surface area contributed by atoms with Crippen molar-refractivity contribution >= 4 is 5.71 Å². The van der Waals surface area contributed by atoms with Gasteiger partial charge in [-0.2, -0.15) is 0 Å². The molecule has 0 bridgehead atoms. The molecule has 0 amide bonds. The normalized spacial score (nSPS) is 26.5. The summed E-state index contributed by atoms with van der Waals surface area (Å²) in [6, 6.07) is 0.981. The Hall–Kier alpha value is -0.930. The Morgan fingerprint density at radius 3 is 3.00 bits per heavy atom. The number of hydrogen-bond donors (Lipinski definition) is 2. The molecule has 0 radical (unpaired) electrons. The summed E-state index contributed by atoms with van der Waals surface area (Å²) < 4.78 is 0. The van der Waals surface area contributed by atoms with E-state index >= 15 is 0 Å². The lowest BCUT2D eigenvalue weighted by atomic mass is 10.2. The van der Waals surface area contributed by atoms with Gasteiger partial charge in [0.15, 0.2) is 0 Å². The first-order valence-electron chi connectivity index (χ1n) is 5.99. The van der Waals surface area contributed by atoms with Crippen molar-refractivity contribution in [2.75, 3.05) is 13.1 Å². The van der Waals surface area contributed by atoms with Crippen LogP contribution in [0.25, 0.3) is 0 Å². The second-order valence-corrected chi connectivity index (χ2v) is 4.39. The highest BCUT2D eigenvalue weighted by atomic mass is 14.9. The van der Waals surface area contributed by atoms with E-state index in [0.29, 0.717) is 12.1 Å². The molecule has 0 aromatic carbocycles. The number of nitrogens with two attached hydrogens (primary N) is 1. The molecule has 0 aromatic rings. The van der Waals surface area contributed by atoms with E-state index in [1.54, 1.807) is 6.08 Å². The summed E-state index contributed by atoms with van der Waals surface area (Å²) in [6.45, 7) is 7.29. The second kappa shape index (κ2) is 7.36. The number of rotatable bonds is 6. The van der Waals surface area contributed by atoms with Crippen LogP contribution in [0.15, 0.2) is 29.8 Å². The summed E-state index contributed by atoms with van der Waals surface area (Å²) in [7, 11) is 0. The molecule has 0 heterocycles. The third-order valence-corrected chi connectivity index (χ3v) is 2.86. The molecule has 1 aliphatic carbocycles. The molecule has 1 rings (SSSR count). The third kappa shape index (κ3) is 5.24. The van der Waals surface area contributed by atoms with Crippen LogP contribution < -0.4 is 11.1 Å². The minimum absolute atomic E-state index is 0.394. The molecule has 2 atom stereocenters. The number of nitrogens with one attached hydrogen (secondary N) is 1. The van der Waals surface area contributed by atoms with Gasteiger partial charge in [0.25, 0.3) is 0 Å². The number of aliphatic imine (C=N–C) groups is 1. The van der Waals surface area contributed by atoms with Crippen LogP contribution in [0.2, 0.25) is 0 Å². The van der Waals surface area contributed by atoms with Crippen molar-refractivity contribution in [2.24, 2.45) is 10.7 Å². The van der Waals surface area contributed by atoms with Gasteiger partial charge in [-0.3, -0.25) is 4.99 Å². The summed E-state index contributed by atoms with van der Waals surface area (Å²) in [5.74, 6) is 0. The molecule has 16 heavy (non-hydrogen) atoms.